The van der Waals surface area contributed by atoms with Gasteiger partial charge in [0.2, 0.25) is 5.91 Å². The smallest absolute Gasteiger partial charge is 0.224 e. The number of rotatable bonds is 6. The SMILES string of the molecule is CC(C)NCCCC(=O)Nc1cnn(C)c1. The number of hydrogen-bond acceptors (Lipinski definition) is 3. The molecular weight excluding hydrogens is 204 g/mol. The standard InChI is InChI=1S/C11H20N4O/c1-9(2)12-6-4-5-11(16)14-10-7-13-15(3)8-10/h7-9,12H,4-6H2,1-3H3,(H,14,16). The van der Waals surface area contributed by atoms with Gasteiger partial charge in [0.05, 0.1) is 11.9 Å². The predicted molar refractivity (Wildman–Crippen MR) is 64.2 cm³/mol. The molecule has 0 unspecified atom stereocenters. The number of anilines is 1. The van der Waals surface area contributed by atoms with Crippen LogP contribution in [0.15, 0.2) is 12.4 Å². The van der Waals surface area contributed by atoms with Gasteiger partial charge in [-0.1, -0.05) is 13.8 Å². The molecule has 1 aromatic rings. The van der Waals surface area contributed by atoms with E-state index in [4.69, 9.17) is 0 Å². The summed E-state index contributed by atoms with van der Waals surface area (Å²) in [4.78, 5) is 11.5. The Labute approximate surface area is 96.2 Å². The van der Waals surface area contributed by atoms with E-state index in [9.17, 15) is 4.79 Å². The third kappa shape index (κ3) is 4.93. The van der Waals surface area contributed by atoms with Crippen LogP contribution in [0, 0.1) is 0 Å². The molecule has 2 N–H and O–H groups in total. The minimum absolute atomic E-state index is 0.0403. The monoisotopic (exact) mass is 224 g/mol. The molecule has 0 aliphatic heterocycles. The predicted octanol–water partition coefficient (Wildman–Crippen LogP) is 1.14. The fourth-order valence-electron chi connectivity index (χ4n) is 1.35. The summed E-state index contributed by atoms with van der Waals surface area (Å²) in [5.41, 5.74) is 0.754. The molecule has 1 rings (SSSR count). The second kappa shape index (κ2) is 6.27. The van der Waals surface area contributed by atoms with Gasteiger partial charge in [-0.2, -0.15) is 5.10 Å². The van der Waals surface area contributed by atoms with Gasteiger partial charge >= 0.3 is 0 Å². The van der Waals surface area contributed by atoms with E-state index in [1.165, 1.54) is 0 Å². The van der Waals surface area contributed by atoms with Gasteiger partial charge in [0.1, 0.15) is 0 Å². The zero-order valence-corrected chi connectivity index (χ0v) is 10.2. The summed E-state index contributed by atoms with van der Waals surface area (Å²) in [5.74, 6) is 0.0403. The molecule has 1 aromatic heterocycles. The molecule has 5 heteroatoms. The van der Waals surface area contributed by atoms with E-state index in [-0.39, 0.29) is 5.91 Å². The van der Waals surface area contributed by atoms with Crippen LogP contribution in [-0.4, -0.2) is 28.3 Å². The van der Waals surface area contributed by atoms with Crippen molar-refractivity contribution < 1.29 is 4.79 Å². The molecule has 1 heterocycles. The second-order valence-electron chi connectivity index (χ2n) is 4.16. The highest BCUT2D eigenvalue weighted by molar-refractivity contribution is 5.90. The van der Waals surface area contributed by atoms with Crippen LogP contribution in [0.3, 0.4) is 0 Å². The number of nitrogens with one attached hydrogen (secondary N) is 2. The summed E-state index contributed by atoms with van der Waals surface area (Å²) in [5, 5.41) is 10.1. The zero-order valence-electron chi connectivity index (χ0n) is 10.2. The van der Waals surface area contributed by atoms with Gasteiger partial charge in [-0.25, -0.2) is 0 Å². The largest absolute Gasteiger partial charge is 0.323 e. The Hall–Kier alpha value is -1.36. The lowest BCUT2D eigenvalue weighted by Gasteiger charge is -2.07. The van der Waals surface area contributed by atoms with Crippen molar-refractivity contribution in [2.45, 2.75) is 32.7 Å². The topological polar surface area (TPSA) is 59.0 Å². The Balaban J connectivity index is 2.16. The van der Waals surface area contributed by atoms with Crippen molar-refractivity contribution in [1.29, 1.82) is 0 Å². The van der Waals surface area contributed by atoms with Crippen molar-refractivity contribution in [2.24, 2.45) is 7.05 Å². The molecule has 0 aliphatic carbocycles. The molecule has 0 bridgehead atoms. The van der Waals surface area contributed by atoms with Gasteiger partial charge in [0.15, 0.2) is 0 Å². The maximum atomic E-state index is 11.5. The van der Waals surface area contributed by atoms with Crippen molar-refractivity contribution in [1.82, 2.24) is 15.1 Å². The van der Waals surface area contributed by atoms with E-state index >= 15 is 0 Å². The zero-order chi connectivity index (χ0) is 12.0. The summed E-state index contributed by atoms with van der Waals surface area (Å²) in [6, 6.07) is 0.474. The lowest BCUT2D eigenvalue weighted by atomic mass is 10.2. The van der Waals surface area contributed by atoms with Crippen LogP contribution in [-0.2, 0) is 11.8 Å². The fraction of sp³-hybridized carbons (Fsp3) is 0.636. The van der Waals surface area contributed by atoms with Crippen LogP contribution in [0.25, 0.3) is 0 Å². The van der Waals surface area contributed by atoms with Gasteiger partial charge in [0.25, 0.3) is 0 Å². The van der Waals surface area contributed by atoms with Gasteiger partial charge in [-0.15, -0.1) is 0 Å². The Bertz CT molecular complexity index is 332. The second-order valence-corrected chi connectivity index (χ2v) is 4.16. The van der Waals surface area contributed by atoms with Crippen molar-refractivity contribution in [2.75, 3.05) is 11.9 Å². The first-order chi connectivity index (χ1) is 7.58. The van der Waals surface area contributed by atoms with E-state index in [1.54, 1.807) is 17.1 Å². The molecule has 16 heavy (non-hydrogen) atoms. The number of aromatic nitrogens is 2. The maximum Gasteiger partial charge on any atom is 0.224 e. The van der Waals surface area contributed by atoms with E-state index in [2.05, 4.69) is 29.6 Å². The van der Waals surface area contributed by atoms with Crippen molar-refractivity contribution in [3.8, 4) is 0 Å². The van der Waals surface area contributed by atoms with E-state index in [0.29, 0.717) is 12.5 Å². The Morgan fingerprint density at radius 1 is 1.56 bits per heavy atom. The third-order valence-electron chi connectivity index (χ3n) is 2.12. The van der Waals surface area contributed by atoms with Crippen molar-refractivity contribution >= 4 is 11.6 Å². The molecule has 1 amide bonds. The van der Waals surface area contributed by atoms with Gasteiger partial charge in [-0.3, -0.25) is 9.48 Å². The third-order valence-corrected chi connectivity index (χ3v) is 2.12. The van der Waals surface area contributed by atoms with Crippen LogP contribution in [0.4, 0.5) is 5.69 Å². The maximum absolute atomic E-state index is 11.5. The Morgan fingerprint density at radius 2 is 2.31 bits per heavy atom. The van der Waals surface area contributed by atoms with E-state index in [1.807, 2.05) is 7.05 Å². The minimum atomic E-state index is 0.0403. The number of amides is 1. The number of hydrogen-bond donors (Lipinski definition) is 2. The molecular formula is C11H20N4O. The van der Waals surface area contributed by atoms with Gasteiger partial charge in [-0.05, 0) is 13.0 Å². The van der Waals surface area contributed by atoms with Crippen LogP contribution in [0.1, 0.15) is 26.7 Å². The van der Waals surface area contributed by atoms with Gasteiger partial charge in [0, 0.05) is 25.7 Å². The Morgan fingerprint density at radius 3 is 2.88 bits per heavy atom. The molecule has 0 spiro atoms. The molecule has 90 valence electrons. The first-order valence-corrected chi connectivity index (χ1v) is 5.60. The average molecular weight is 224 g/mol. The normalized spacial score (nSPS) is 10.8. The molecule has 0 saturated carbocycles. The van der Waals surface area contributed by atoms with Crippen LogP contribution < -0.4 is 10.6 Å². The van der Waals surface area contributed by atoms with Crippen molar-refractivity contribution in [3.63, 3.8) is 0 Å². The Kier molecular flexibility index (Phi) is 4.98. The summed E-state index contributed by atoms with van der Waals surface area (Å²) >= 11 is 0. The number of nitrogens with zero attached hydrogens (tertiary/aromatic N) is 2. The molecule has 0 saturated heterocycles. The highest BCUT2D eigenvalue weighted by atomic mass is 16.1. The average Bonchev–Trinajstić information content (AvgIpc) is 2.58. The highest BCUT2D eigenvalue weighted by Crippen LogP contribution is 2.04. The number of carbonyl (C=O) groups is 1. The first-order valence-electron chi connectivity index (χ1n) is 5.60. The van der Waals surface area contributed by atoms with Crippen molar-refractivity contribution in [3.05, 3.63) is 12.4 Å². The van der Waals surface area contributed by atoms with E-state index < -0.39 is 0 Å². The summed E-state index contributed by atoms with van der Waals surface area (Å²) in [6.07, 6.45) is 4.81. The first kappa shape index (κ1) is 12.7. The molecule has 0 aromatic carbocycles. The fourth-order valence-corrected chi connectivity index (χ4v) is 1.35. The summed E-state index contributed by atoms with van der Waals surface area (Å²) in [6.45, 7) is 5.06. The molecule has 0 radical (unpaired) electrons. The number of carbonyl (C=O) groups excluding carboxylic acids is 1. The quantitative estimate of drug-likeness (QED) is 0.712. The minimum Gasteiger partial charge on any atom is -0.323 e. The molecule has 0 aliphatic rings. The molecule has 0 atom stereocenters. The van der Waals surface area contributed by atoms with Gasteiger partial charge < -0.3 is 10.6 Å². The van der Waals surface area contributed by atoms with Crippen LogP contribution in [0.2, 0.25) is 0 Å². The highest BCUT2D eigenvalue weighted by Gasteiger charge is 2.03. The summed E-state index contributed by atoms with van der Waals surface area (Å²) in [7, 11) is 1.82. The van der Waals surface area contributed by atoms with Crippen LogP contribution in [0.5, 0.6) is 0 Å². The van der Waals surface area contributed by atoms with Crippen LogP contribution >= 0.6 is 0 Å². The summed E-state index contributed by atoms with van der Waals surface area (Å²) < 4.78 is 1.66. The van der Waals surface area contributed by atoms with E-state index in [0.717, 1.165) is 18.7 Å². The molecule has 0 fully saturated rings. The number of aryl methyl sites for hydroxylation is 1. The lowest BCUT2D eigenvalue weighted by molar-refractivity contribution is -0.116. The lowest BCUT2D eigenvalue weighted by Crippen LogP contribution is -2.24. The molecule has 5 nitrogen and oxygen atoms in total.